The van der Waals surface area contributed by atoms with Crippen LogP contribution in [-0.4, -0.2) is 61.4 Å². The first-order valence-electron chi connectivity index (χ1n) is 9.47. The number of nitrogens with zero attached hydrogens (tertiary/aromatic N) is 2. The van der Waals surface area contributed by atoms with Crippen LogP contribution in [0.15, 0.2) is 58.3 Å². The van der Waals surface area contributed by atoms with Crippen molar-refractivity contribution in [2.45, 2.75) is 34.5 Å². The fraction of sp³-hybridized carbons (Fsp3) is 0.400. The highest BCUT2D eigenvalue weighted by Crippen LogP contribution is 2.39. The number of thiol groups is 1. The van der Waals surface area contributed by atoms with E-state index in [1.165, 1.54) is 22.5 Å². The number of alkyl halides is 3. The molecule has 170 valence electrons. The SMILES string of the molecule is C[C@H]1CN(S(=O)(=O)c2ccccc2S)CCN1c1ccc([C@@](O)(CO)C(F)(F)F)cc1. The van der Waals surface area contributed by atoms with Crippen molar-refractivity contribution in [2.75, 3.05) is 31.1 Å². The van der Waals surface area contributed by atoms with Crippen LogP contribution in [0.25, 0.3) is 0 Å². The molecule has 2 aromatic carbocycles. The Kier molecular flexibility index (Phi) is 6.64. The highest BCUT2D eigenvalue weighted by Gasteiger charge is 2.54. The number of benzene rings is 2. The molecular formula is C20H23F3N2O4S2. The number of rotatable bonds is 5. The lowest BCUT2D eigenvalue weighted by atomic mass is 9.93. The smallest absolute Gasteiger partial charge is 0.393 e. The van der Waals surface area contributed by atoms with Gasteiger partial charge in [-0.15, -0.1) is 12.6 Å². The van der Waals surface area contributed by atoms with Crippen molar-refractivity contribution in [1.29, 1.82) is 0 Å². The van der Waals surface area contributed by atoms with E-state index in [1.807, 2.05) is 11.8 Å². The zero-order valence-electron chi connectivity index (χ0n) is 16.6. The molecule has 1 saturated heterocycles. The molecule has 0 spiro atoms. The quantitative estimate of drug-likeness (QED) is 0.578. The number of anilines is 1. The van der Waals surface area contributed by atoms with Crippen LogP contribution in [0, 0.1) is 0 Å². The number of halogens is 3. The molecule has 0 saturated carbocycles. The lowest BCUT2D eigenvalue weighted by molar-refractivity contribution is -0.277. The van der Waals surface area contributed by atoms with Crippen molar-refractivity contribution in [3.63, 3.8) is 0 Å². The topological polar surface area (TPSA) is 81.1 Å². The minimum Gasteiger partial charge on any atom is -0.393 e. The van der Waals surface area contributed by atoms with Gasteiger partial charge in [-0.3, -0.25) is 0 Å². The second-order valence-corrected chi connectivity index (χ2v) is 9.82. The summed E-state index contributed by atoms with van der Waals surface area (Å²) in [5, 5.41) is 19.0. The highest BCUT2D eigenvalue weighted by molar-refractivity contribution is 7.90. The van der Waals surface area contributed by atoms with E-state index >= 15 is 0 Å². The molecule has 0 aromatic heterocycles. The van der Waals surface area contributed by atoms with E-state index in [1.54, 1.807) is 18.2 Å². The van der Waals surface area contributed by atoms with Crippen molar-refractivity contribution in [3.05, 3.63) is 54.1 Å². The zero-order chi connectivity index (χ0) is 23.0. The van der Waals surface area contributed by atoms with Crippen molar-refractivity contribution < 1.29 is 31.8 Å². The van der Waals surface area contributed by atoms with Crippen molar-refractivity contribution in [2.24, 2.45) is 0 Å². The van der Waals surface area contributed by atoms with Crippen LogP contribution in [0.2, 0.25) is 0 Å². The lowest BCUT2D eigenvalue weighted by Gasteiger charge is -2.41. The van der Waals surface area contributed by atoms with Gasteiger partial charge in [-0.2, -0.15) is 17.5 Å². The summed E-state index contributed by atoms with van der Waals surface area (Å²) in [6.45, 7) is 1.05. The van der Waals surface area contributed by atoms with Crippen LogP contribution >= 0.6 is 12.6 Å². The van der Waals surface area contributed by atoms with Gasteiger partial charge in [0.25, 0.3) is 0 Å². The minimum absolute atomic E-state index is 0.124. The molecule has 0 radical (unpaired) electrons. The first-order valence-corrected chi connectivity index (χ1v) is 11.4. The molecule has 0 bridgehead atoms. The van der Waals surface area contributed by atoms with Crippen molar-refractivity contribution >= 4 is 28.3 Å². The summed E-state index contributed by atoms with van der Waals surface area (Å²) in [6, 6.07) is 11.3. The van der Waals surface area contributed by atoms with Gasteiger partial charge < -0.3 is 15.1 Å². The summed E-state index contributed by atoms with van der Waals surface area (Å²) in [5.74, 6) is 0. The molecule has 6 nitrogen and oxygen atoms in total. The summed E-state index contributed by atoms with van der Waals surface area (Å²) in [4.78, 5) is 2.36. The van der Waals surface area contributed by atoms with E-state index in [2.05, 4.69) is 12.6 Å². The number of piperazine rings is 1. The lowest BCUT2D eigenvalue weighted by Crippen LogP contribution is -2.53. The first-order chi connectivity index (χ1) is 14.4. The fourth-order valence-electron chi connectivity index (χ4n) is 3.61. The molecule has 31 heavy (non-hydrogen) atoms. The molecule has 0 aliphatic carbocycles. The van der Waals surface area contributed by atoms with Gasteiger partial charge in [-0.05, 0) is 36.8 Å². The molecule has 11 heteroatoms. The van der Waals surface area contributed by atoms with E-state index in [4.69, 9.17) is 5.11 Å². The average Bonchev–Trinajstić information content (AvgIpc) is 2.72. The second kappa shape index (κ2) is 8.62. The summed E-state index contributed by atoms with van der Waals surface area (Å²) in [6.07, 6.45) is -5.03. The minimum atomic E-state index is -5.03. The monoisotopic (exact) mass is 476 g/mol. The predicted octanol–water partition coefficient (Wildman–Crippen LogP) is 2.62. The maximum atomic E-state index is 13.1. The Morgan fingerprint density at radius 3 is 2.23 bits per heavy atom. The molecule has 1 aliphatic heterocycles. The summed E-state index contributed by atoms with van der Waals surface area (Å²) in [5.41, 5.74) is -3.22. The van der Waals surface area contributed by atoms with Crippen LogP contribution in [0.1, 0.15) is 12.5 Å². The molecule has 1 fully saturated rings. The summed E-state index contributed by atoms with van der Waals surface area (Å²) in [7, 11) is -3.73. The van der Waals surface area contributed by atoms with E-state index in [0.29, 0.717) is 17.1 Å². The third kappa shape index (κ3) is 4.42. The molecular weight excluding hydrogens is 453 g/mol. The second-order valence-electron chi connectivity index (χ2n) is 7.44. The molecule has 1 heterocycles. The van der Waals surface area contributed by atoms with Gasteiger partial charge in [0.1, 0.15) is 0 Å². The normalized spacial score (nSPS) is 20.5. The largest absolute Gasteiger partial charge is 0.423 e. The van der Waals surface area contributed by atoms with E-state index in [0.717, 1.165) is 12.1 Å². The molecule has 2 atom stereocenters. The van der Waals surface area contributed by atoms with Gasteiger partial charge in [-0.25, -0.2) is 8.42 Å². The highest BCUT2D eigenvalue weighted by atomic mass is 32.2. The molecule has 1 aliphatic rings. The number of hydrogen-bond donors (Lipinski definition) is 3. The number of hydrogen-bond acceptors (Lipinski definition) is 6. The predicted molar refractivity (Wildman–Crippen MR) is 113 cm³/mol. The Morgan fingerprint density at radius 1 is 1.10 bits per heavy atom. The molecule has 0 amide bonds. The fourth-order valence-corrected chi connectivity index (χ4v) is 5.72. The van der Waals surface area contributed by atoms with Gasteiger partial charge in [0.15, 0.2) is 0 Å². The third-order valence-electron chi connectivity index (χ3n) is 5.45. The molecule has 2 N–H and O–H groups in total. The maximum Gasteiger partial charge on any atom is 0.423 e. The van der Waals surface area contributed by atoms with Crippen LogP contribution in [-0.2, 0) is 15.6 Å². The van der Waals surface area contributed by atoms with Gasteiger partial charge in [0.05, 0.1) is 11.5 Å². The van der Waals surface area contributed by atoms with Gasteiger partial charge in [-0.1, -0.05) is 24.3 Å². The van der Waals surface area contributed by atoms with E-state index in [-0.39, 0.29) is 24.0 Å². The van der Waals surface area contributed by atoms with Gasteiger partial charge in [0, 0.05) is 36.3 Å². The van der Waals surface area contributed by atoms with E-state index in [9.17, 15) is 26.7 Å². The van der Waals surface area contributed by atoms with Gasteiger partial charge in [0.2, 0.25) is 15.6 Å². The van der Waals surface area contributed by atoms with Crippen molar-refractivity contribution in [3.8, 4) is 0 Å². The van der Waals surface area contributed by atoms with Crippen LogP contribution in [0.3, 0.4) is 0 Å². The van der Waals surface area contributed by atoms with Crippen molar-refractivity contribution in [1.82, 2.24) is 4.31 Å². The van der Waals surface area contributed by atoms with E-state index < -0.39 is 34.0 Å². The Balaban J connectivity index is 1.78. The number of aliphatic hydroxyl groups is 2. The standard InChI is InChI=1S/C20H23F3N2O4S2/c1-14-12-24(31(28,29)18-5-3-2-4-17(18)30)10-11-25(14)16-8-6-15(7-9-16)19(27,13-26)20(21,22)23/h2-9,14,26-27,30H,10-13H2,1H3/t14-,19-/m0/s1. The Labute approximate surface area is 184 Å². The van der Waals surface area contributed by atoms with Crippen LogP contribution in [0.4, 0.5) is 18.9 Å². The Morgan fingerprint density at radius 2 is 1.71 bits per heavy atom. The summed E-state index contributed by atoms with van der Waals surface area (Å²) >= 11 is 4.23. The molecule has 2 aromatic rings. The first kappa shape index (κ1) is 23.9. The van der Waals surface area contributed by atoms with Gasteiger partial charge >= 0.3 is 6.18 Å². The molecule has 3 rings (SSSR count). The Hall–Kier alpha value is -1.79. The number of sulfonamides is 1. The summed E-state index contributed by atoms with van der Waals surface area (Å²) < 4.78 is 66.8. The Bertz CT molecular complexity index is 1030. The van der Waals surface area contributed by atoms with Crippen LogP contribution < -0.4 is 4.90 Å². The molecule has 0 unspecified atom stereocenters. The van der Waals surface area contributed by atoms with Crippen LogP contribution in [0.5, 0.6) is 0 Å². The average molecular weight is 477 g/mol. The maximum absolute atomic E-state index is 13.1. The number of aliphatic hydroxyl groups excluding tert-OH is 1. The third-order valence-corrected chi connectivity index (χ3v) is 7.91. The zero-order valence-corrected chi connectivity index (χ0v) is 18.3.